The predicted molar refractivity (Wildman–Crippen MR) is 237 cm³/mol. The van der Waals surface area contributed by atoms with Crippen LogP contribution in [0.4, 0.5) is 0 Å². The first-order valence-corrected chi connectivity index (χ1v) is 18.7. The summed E-state index contributed by atoms with van der Waals surface area (Å²) in [5.74, 6) is 0. The zero-order chi connectivity index (χ0) is 35.8. The fraction of sp³-hybridized carbons (Fsp3) is 0. The minimum atomic E-state index is 1.21. The normalized spacial score (nSPS) is 11.3. The molecule has 10 rings (SSSR count). The highest BCUT2D eigenvalue weighted by molar-refractivity contribution is 6.27. The van der Waals surface area contributed by atoms with E-state index < -0.39 is 0 Å². The van der Waals surface area contributed by atoms with Crippen LogP contribution >= 0.6 is 0 Å². The van der Waals surface area contributed by atoms with Crippen LogP contribution in [0.3, 0.4) is 0 Å². The van der Waals surface area contributed by atoms with Crippen LogP contribution in [-0.2, 0) is 0 Å². The van der Waals surface area contributed by atoms with Crippen LogP contribution in [-0.4, -0.2) is 0 Å². The van der Waals surface area contributed by atoms with Crippen molar-refractivity contribution in [2.24, 2.45) is 0 Å². The summed E-state index contributed by atoms with van der Waals surface area (Å²) in [5, 5.41) is 21.8. The number of fused-ring (bicyclic) bond motifs is 18. The Morgan fingerprint density at radius 1 is 0.0926 bits per heavy atom. The fourth-order valence-electron chi connectivity index (χ4n) is 8.58. The van der Waals surface area contributed by atoms with Crippen LogP contribution in [0.2, 0.25) is 0 Å². The SMILES string of the molecule is c1ccc2c(c1)c1ccccc1c1ccccc1c1ccccc1c1ccccc1c1ccccc1c1ccccc1c1ccccc1c1ccccc21. The lowest BCUT2D eigenvalue weighted by Gasteiger charge is -2.09. The van der Waals surface area contributed by atoms with Crippen molar-refractivity contribution >= 4 is 97.0 Å². The molecular formula is C54H36. The predicted octanol–water partition coefficient (Wildman–Crippen LogP) is 15.4. The molecule has 10 aromatic carbocycles. The standard InChI is InChI=1S/C54H36/c1-2-20-38-37(19-1)39-21-3-4-23-41(39)43-25-7-8-27-45(43)47-29-11-12-31-49(47)51-33-15-16-35-53(51)54-36-18-17-34-52(54)50-32-14-13-30-48(50)46-28-10-9-26-44(46)42-24-6-5-22-40(38)42/h1-36H. The molecule has 252 valence electrons. The molecule has 54 heavy (non-hydrogen) atoms. The van der Waals surface area contributed by atoms with Crippen molar-refractivity contribution < 1.29 is 0 Å². The van der Waals surface area contributed by atoms with Gasteiger partial charge in [0.05, 0.1) is 0 Å². The van der Waals surface area contributed by atoms with Crippen molar-refractivity contribution in [3.63, 3.8) is 0 Å². The molecule has 0 nitrogen and oxygen atoms in total. The zero-order valence-corrected chi connectivity index (χ0v) is 29.8. The third-order valence-electron chi connectivity index (χ3n) is 11.0. The third kappa shape index (κ3) is 5.31. The summed E-state index contributed by atoms with van der Waals surface area (Å²) in [7, 11) is 0. The summed E-state index contributed by atoms with van der Waals surface area (Å²) in [4.78, 5) is 0. The lowest BCUT2D eigenvalue weighted by atomic mass is 9.95. The molecule has 0 saturated heterocycles. The van der Waals surface area contributed by atoms with Crippen molar-refractivity contribution in [1.82, 2.24) is 0 Å². The molecule has 0 heteroatoms. The van der Waals surface area contributed by atoms with Crippen molar-refractivity contribution in [1.29, 1.82) is 0 Å². The second-order valence-corrected chi connectivity index (χ2v) is 13.9. The second kappa shape index (κ2) is 13.5. The van der Waals surface area contributed by atoms with Crippen LogP contribution in [0, 0.1) is 0 Å². The molecule has 0 unspecified atom stereocenters. The first kappa shape index (κ1) is 31.7. The quantitative estimate of drug-likeness (QED) is 0.149. The van der Waals surface area contributed by atoms with Gasteiger partial charge >= 0.3 is 0 Å². The monoisotopic (exact) mass is 684 g/mol. The van der Waals surface area contributed by atoms with Crippen LogP contribution < -0.4 is 0 Å². The van der Waals surface area contributed by atoms with E-state index in [1.165, 1.54) is 97.0 Å². The molecular weight excluding hydrogens is 649 g/mol. The molecule has 0 bridgehead atoms. The van der Waals surface area contributed by atoms with Gasteiger partial charge in [0, 0.05) is 0 Å². The van der Waals surface area contributed by atoms with E-state index in [1.807, 2.05) is 0 Å². The first-order chi connectivity index (χ1) is 26.8. The van der Waals surface area contributed by atoms with E-state index in [2.05, 4.69) is 218 Å². The summed E-state index contributed by atoms with van der Waals surface area (Å²) >= 11 is 0. The Labute approximate surface area is 314 Å². The minimum Gasteiger partial charge on any atom is -0.0616 e. The van der Waals surface area contributed by atoms with Crippen molar-refractivity contribution in [3.05, 3.63) is 218 Å². The second-order valence-electron chi connectivity index (χ2n) is 13.9. The summed E-state index contributed by atoms with van der Waals surface area (Å²) in [6, 6.07) is 80.2. The fourth-order valence-corrected chi connectivity index (χ4v) is 8.58. The first-order valence-electron chi connectivity index (χ1n) is 18.7. The molecule has 0 atom stereocenters. The van der Waals surface area contributed by atoms with Gasteiger partial charge in [-0.05, 0) is 97.0 Å². The molecule has 0 aromatic heterocycles. The van der Waals surface area contributed by atoms with Crippen LogP contribution in [0.15, 0.2) is 218 Å². The van der Waals surface area contributed by atoms with E-state index in [4.69, 9.17) is 0 Å². The topological polar surface area (TPSA) is 0 Å². The molecule has 0 amide bonds. The molecule has 0 aliphatic heterocycles. The van der Waals surface area contributed by atoms with Gasteiger partial charge in [-0.15, -0.1) is 0 Å². The summed E-state index contributed by atoms with van der Waals surface area (Å²) < 4.78 is 0. The molecule has 0 heterocycles. The van der Waals surface area contributed by atoms with E-state index in [0.29, 0.717) is 0 Å². The van der Waals surface area contributed by atoms with Gasteiger partial charge in [0.1, 0.15) is 0 Å². The Bertz CT molecular complexity index is 2310. The highest BCUT2D eigenvalue weighted by atomic mass is 14.1. The highest BCUT2D eigenvalue weighted by Gasteiger charge is 2.09. The summed E-state index contributed by atoms with van der Waals surface area (Å²) in [6.45, 7) is 0. The van der Waals surface area contributed by atoms with Crippen LogP contribution in [0.1, 0.15) is 0 Å². The van der Waals surface area contributed by atoms with E-state index in [0.717, 1.165) is 0 Å². The van der Waals surface area contributed by atoms with Gasteiger partial charge in [0.25, 0.3) is 0 Å². The average molecular weight is 685 g/mol. The number of benzene rings is 9. The molecule has 0 radical (unpaired) electrons. The molecule has 10 aromatic rings. The van der Waals surface area contributed by atoms with E-state index in [1.54, 1.807) is 0 Å². The maximum Gasteiger partial charge on any atom is -0.00990 e. The number of rotatable bonds is 0. The van der Waals surface area contributed by atoms with Crippen molar-refractivity contribution in [2.45, 2.75) is 0 Å². The summed E-state index contributed by atoms with van der Waals surface area (Å²) in [5.41, 5.74) is 0. The molecule has 0 N–H and O–H groups in total. The van der Waals surface area contributed by atoms with Crippen molar-refractivity contribution in [2.75, 3.05) is 0 Å². The number of hydrogen-bond donors (Lipinski definition) is 0. The Kier molecular flexibility index (Phi) is 7.93. The molecule has 0 aliphatic rings. The molecule has 0 spiro atoms. The lowest BCUT2D eigenvalue weighted by molar-refractivity contribution is 1.77. The van der Waals surface area contributed by atoms with Gasteiger partial charge in [0.2, 0.25) is 0 Å². The van der Waals surface area contributed by atoms with Gasteiger partial charge in [-0.3, -0.25) is 0 Å². The maximum atomic E-state index is 2.29. The average Bonchev–Trinajstić information content (AvgIpc) is 3.26. The van der Waals surface area contributed by atoms with Crippen LogP contribution in [0.25, 0.3) is 97.0 Å². The maximum absolute atomic E-state index is 2.29. The number of hydrogen-bond acceptors (Lipinski definition) is 0. The Balaban J connectivity index is 1.62. The van der Waals surface area contributed by atoms with Crippen LogP contribution in [0.5, 0.6) is 0 Å². The molecule has 0 saturated carbocycles. The van der Waals surface area contributed by atoms with E-state index in [9.17, 15) is 0 Å². The smallest absolute Gasteiger partial charge is 0.00990 e. The lowest BCUT2D eigenvalue weighted by Crippen LogP contribution is -1.81. The van der Waals surface area contributed by atoms with Gasteiger partial charge in [-0.25, -0.2) is 0 Å². The van der Waals surface area contributed by atoms with Gasteiger partial charge < -0.3 is 0 Å². The third-order valence-corrected chi connectivity index (χ3v) is 11.0. The van der Waals surface area contributed by atoms with Gasteiger partial charge in [-0.1, -0.05) is 218 Å². The zero-order valence-electron chi connectivity index (χ0n) is 29.8. The Hall–Kier alpha value is -7.02. The minimum absolute atomic E-state index is 1.21. The van der Waals surface area contributed by atoms with E-state index >= 15 is 0 Å². The largest absolute Gasteiger partial charge is 0.0616 e. The van der Waals surface area contributed by atoms with Gasteiger partial charge in [-0.2, -0.15) is 0 Å². The Morgan fingerprint density at radius 3 is 0.204 bits per heavy atom. The van der Waals surface area contributed by atoms with Gasteiger partial charge in [0.15, 0.2) is 0 Å². The highest BCUT2D eigenvalue weighted by Crippen LogP contribution is 2.37. The molecule has 0 fully saturated rings. The van der Waals surface area contributed by atoms with E-state index in [-0.39, 0.29) is 0 Å². The molecule has 0 aliphatic carbocycles. The summed E-state index contributed by atoms with van der Waals surface area (Å²) in [6.07, 6.45) is 0. The van der Waals surface area contributed by atoms with Crippen molar-refractivity contribution in [3.8, 4) is 0 Å². The Morgan fingerprint density at radius 2 is 0.148 bits per heavy atom.